The number of halogens is 2. The highest BCUT2D eigenvalue weighted by Gasteiger charge is 2.23. The average molecular weight is 488 g/mol. The smallest absolute Gasteiger partial charge is 0.227 e. The number of aliphatic hydroxyl groups excluding tert-OH is 1. The van der Waals surface area contributed by atoms with Crippen LogP contribution in [0, 0.1) is 18.6 Å². The second-order valence-corrected chi connectivity index (χ2v) is 8.00. The van der Waals surface area contributed by atoms with Crippen molar-refractivity contribution >= 4 is 0 Å². The van der Waals surface area contributed by atoms with Crippen molar-refractivity contribution in [1.29, 1.82) is 0 Å². The summed E-state index contributed by atoms with van der Waals surface area (Å²) >= 11 is 0. The maximum absolute atomic E-state index is 14.5. The molecule has 188 valence electrons. The molecule has 3 aromatic rings. The lowest BCUT2D eigenvalue weighted by Crippen LogP contribution is -2.36. The van der Waals surface area contributed by atoms with Gasteiger partial charge in [-0.15, -0.1) is 6.58 Å². The zero-order chi connectivity index (χ0) is 25.2. The molecular weight excluding hydrogens is 456 g/mol. The van der Waals surface area contributed by atoms with Crippen molar-refractivity contribution in [3.63, 3.8) is 0 Å². The number of aromatic nitrogens is 2. The summed E-state index contributed by atoms with van der Waals surface area (Å²) in [6.07, 6.45) is 0.879. The number of ether oxygens (including phenoxy) is 3. The van der Waals surface area contributed by atoms with Crippen molar-refractivity contribution in [2.75, 3.05) is 40.0 Å². The first kappa shape index (κ1) is 26.5. The van der Waals surface area contributed by atoms with Crippen molar-refractivity contribution < 1.29 is 28.1 Å². The van der Waals surface area contributed by atoms with Gasteiger partial charge in [0.1, 0.15) is 5.82 Å². The summed E-state index contributed by atoms with van der Waals surface area (Å²) in [6.45, 7) is 7.55. The molecule has 0 aliphatic heterocycles. The number of para-hydroxylation sites is 1. The van der Waals surface area contributed by atoms with Gasteiger partial charge in [0, 0.05) is 32.8 Å². The second-order valence-electron chi connectivity index (χ2n) is 8.00. The Kier molecular flexibility index (Phi) is 9.92. The zero-order valence-electron chi connectivity index (χ0n) is 20.0. The summed E-state index contributed by atoms with van der Waals surface area (Å²) in [5, 5.41) is 15.1. The summed E-state index contributed by atoms with van der Waals surface area (Å²) < 4.78 is 46.1. The molecule has 0 aliphatic rings. The van der Waals surface area contributed by atoms with E-state index in [2.05, 4.69) is 11.7 Å². The Morgan fingerprint density at radius 1 is 1.20 bits per heavy atom. The Balaban J connectivity index is 1.95. The highest BCUT2D eigenvalue weighted by molar-refractivity contribution is 5.43. The summed E-state index contributed by atoms with van der Waals surface area (Å²) in [7, 11) is 1.60. The lowest BCUT2D eigenvalue weighted by molar-refractivity contribution is 0.0192. The van der Waals surface area contributed by atoms with Gasteiger partial charge in [0.05, 0.1) is 42.9 Å². The minimum absolute atomic E-state index is 0.119. The van der Waals surface area contributed by atoms with Gasteiger partial charge in [0.2, 0.25) is 5.88 Å². The molecule has 0 bridgehead atoms. The predicted molar refractivity (Wildman–Crippen MR) is 129 cm³/mol. The first-order chi connectivity index (χ1) is 16.9. The molecule has 1 unspecified atom stereocenters. The Bertz CT molecular complexity index is 1090. The third-order valence-electron chi connectivity index (χ3n) is 5.25. The van der Waals surface area contributed by atoms with Crippen LogP contribution in [-0.2, 0) is 16.0 Å². The van der Waals surface area contributed by atoms with Crippen molar-refractivity contribution in [3.05, 3.63) is 84.1 Å². The summed E-state index contributed by atoms with van der Waals surface area (Å²) in [5.41, 5.74) is 2.10. The number of aryl methyl sites for hydroxylation is 1. The van der Waals surface area contributed by atoms with Gasteiger partial charge in [0.15, 0.2) is 11.6 Å². The maximum atomic E-state index is 14.5. The van der Waals surface area contributed by atoms with Gasteiger partial charge < -0.3 is 19.3 Å². The van der Waals surface area contributed by atoms with Crippen LogP contribution >= 0.6 is 0 Å². The first-order valence-electron chi connectivity index (χ1n) is 11.3. The molecule has 0 fully saturated rings. The molecule has 9 heteroatoms. The van der Waals surface area contributed by atoms with Crippen LogP contribution in [0.2, 0.25) is 0 Å². The fraction of sp³-hybridized carbons (Fsp3) is 0.346. The number of hydrogen-bond donors (Lipinski definition) is 1. The monoisotopic (exact) mass is 487 g/mol. The minimum Gasteiger partial charge on any atom is -0.435 e. The van der Waals surface area contributed by atoms with Crippen LogP contribution in [-0.4, -0.2) is 65.9 Å². The van der Waals surface area contributed by atoms with Crippen molar-refractivity contribution in [2.24, 2.45) is 0 Å². The molecule has 0 aliphatic carbocycles. The summed E-state index contributed by atoms with van der Waals surface area (Å²) in [4.78, 5) is 1.98. The molecule has 0 saturated heterocycles. The molecule has 1 N–H and O–H groups in total. The number of rotatable bonds is 14. The van der Waals surface area contributed by atoms with E-state index in [1.807, 2.05) is 42.2 Å². The Hall–Kier alpha value is -3.11. The Labute approximate surface area is 204 Å². The van der Waals surface area contributed by atoms with Gasteiger partial charge in [-0.1, -0.05) is 24.3 Å². The molecule has 7 nitrogen and oxygen atoms in total. The minimum atomic E-state index is -0.819. The van der Waals surface area contributed by atoms with Crippen LogP contribution < -0.4 is 4.74 Å². The van der Waals surface area contributed by atoms with Crippen molar-refractivity contribution in [3.8, 4) is 17.3 Å². The maximum Gasteiger partial charge on any atom is 0.227 e. The zero-order valence-corrected chi connectivity index (χ0v) is 20.0. The third-order valence-corrected chi connectivity index (χ3v) is 5.25. The van der Waals surface area contributed by atoms with Gasteiger partial charge >= 0.3 is 0 Å². The van der Waals surface area contributed by atoms with E-state index in [-0.39, 0.29) is 12.4 Å². The van der Waals surface area contributed by atoms with Crippen molar-refractivity contribution in [2.45, 2.75) is 19.6 Å². The van der Waals surface area contributed by atoms with E-state index in [1.165, 1.54) is 6.07 Å². The van der Waals surface area contributed by atoms with Gasteiger partial charge in [-0.05, 0) is 31.2 Å². The van der Waals surface area contributed by atoms with Crippen LogP contribution in [0.4, 0.5) is 8.78 Å². The molecule has 0 radical (unpaired) electrons. The van der Waals surface area contributed by atoms with E-state index < -0.39 is 17.7 Å². The lowest BCUT2D eigenvalue weighted by atomic mass is 10.2. The molecule has 0 amide bonds. The van der Waals surface area contributed by atoms with Gasteiger partial charge in [-0.3, -0.25) is 4.90 Å². The molecule has 2 aromatic carbocycles. The number of benzene rings is 2. The summed E-state index contributed by atoms with van der Waals surface area (Å²) in [5.74, 6) is -1.33. The van der Waals surface area contributed by atoms with Crippen LogP contribution in [0.25, 0.3) is 5.69 Å². The van der Waals surface area contributed by atoms with Crippen LogP contribution in [0.3, 0.4) is 0 Å². The predicted octanol–water partition coefficient (Wildman–Crippen LogP) is 4.26. The highest BCUT2D eigenvalue weighted by Crippen LogP contribution is 2.33. The second kappa shape index (κ2) is 13.1. The van der Waals surface area contributed by atoms with E-state index in [9.17, 15) is 13.9 Å². The third kappa shape index (κ3) is 7.43. The standard InChI is InChI=1S/C26H31F2N3O4/c1-4-13-34-18-22(32)16-30(12-14-33-3)17-23-19(2)29-31(21-8-6-5-7-9-21)26(23)35-25-11-10-20(27)15-24(25)28/h4-11,15,22,32H,1,12-14,16-18H2,2-3H3. The van der Waals surface area contributed by atoms with E-state index in [0.717, 1.165) is 17.8 Å². The van der Waals surface area contributed by atoms with Gasteiger partial charge in [0.25, 0.3) is 0 Å². The first-order valence-corrected chi connectivity index (χ1v) is 11.3. The molecule has 1 heterocycles. The number of aliphatic hydroxyl groups is 1. The van der Waals surface area contributed by atoms with E-state index >= 15 is 0 Å². The van der Waals surface area contributed by atoms with E-state index in [1.54, 1.807) is 17.9 Å². The molecule has 0 saturated carbocycles. The quantitative estimate of drug-likeness (QED) is 0.271. The highest BCUT2D eigenvalue weighted by atomic mass is 19.1. The summed E-state index contributed by atoms with van der Waals surface area (Å²) in [6, 6.07) is 12.5. The van der Waals surface area contributed by atoms with Crippen LogP contribution in [0.5, 0.6) is 11.6 Å². The fourth-order valence-corrected chi connectivity index (χ4v) is 3.55. The molecule has 0 spiro atoms. The molecule has 1 atom stereocenters. The Morgan fingerprint density at radius 3 is 2.66 bits per heavy atom. The van der Waals surface area contributed by atoms with Gasteiger partial charge in [-0.2, -0.15) is 5.10 Å². The SMILES string of the molecule is C=CCOCC(O)CN(CCOC)Cc1c(C)nn(-c2ccccc2)c1Oc1ccc(F)cc1F. The molecule has 3 rings (SSSR count). The number of methoxy groups -OCH3 is 1. The fourth-order valence-electron chi connectivity index (χ4n) is 3.55. The lowest BCUT2D eigenvalue weighted by Gasteiger charge is -2.25. The Morgan fingerprint density at radius 2 is 1.97 bits per heavy atom. The molecular formula is C26H31F2N3O4. The molecule has 1 aromatic heterocycles. The van der Waals surface area contributed by atoms with Crippen LogP contribution in [0.1, 0.15) is 11.3 Å². The van der Waals surface area contributed by atoms with E-state index in [0.29, 0.717) is 50.0 Å². The topological polar surface area (TPSA) is 69.0 Å². The van der Waals surface area contributed by atoms with Crippen molar-refractivity contribution in [1.82, 2.24) is 14.7 Å². The largest absolute Gasteiger partial charge is 0.435 e. The van der Waals surface area contributed by atoms with Gasteiger partial charge in [-0.25, -0.2) is 13.5 Å². The van der Waals surface area contributed by atoms with Crippen LogP contribution in [0.15, 0.2) is 61.2 Å². The average Bonchev–Trinajstić information content (AvgIpc) is 3.14. The normalized spacial score (nSPS) is 12.2. The number of nitrogens with zero attached hydrogens (tertiary/aromatic N) is 3. The molecule has 35 heavy (non-hydrogen) atoms. The van der Waals surface area contributed by atoms with E-state index in [4.69, 9.17) is 14.2 Å². The number of hydrogen-bond acceptors (Lipinski definition) is 6.